The van der Waals surface area contributed by atoms with Crippen molar-refractivity contribution in [3.63, 3.8) is 0 Å². The zero-order chi connectivity index (χ0) is 18.0. The highest BCUT2D eigenvalue weighted by atomic mass is 16.6. The van der Waals surface area contributed by atoms with E-state index < -0.39 is 19.4 Å². The Morgan fingerprint density at radius 3 is 2.56 bits per heavy atom. The van der Waals surface area contributed by atoms with Crippen molar-refractivity contribution in [2.45, 2.75) is 26.4 Å². The van der Waals surface area contributed by atoms with E-state index in [1.165, 1.54) is 4.57 Å². The van der Waals surface area contributed by atoms with Gasteiger partial charge in [0.1, 0.15) is 5.60 Å². The highest BCUT2D eigenvalue weighted by molar-refractivity contribution is 6.17. The molecule has 128 valence electrons. The largest absolute Gasteiger partial charge is 0.526 e. The molecular formula is C17H18BN3O4. The third-order valence-electron chi connectivity index (χ3n) is 3.44. The summed E-state index contributed by atoms with van der Waals surface area (Å²) < 4.78 is 12.0. The van der Waals surface area contributed by atoms with Gasteiger partial charge in [0.15, 0.2) is 5.88 Å². The van der Waals surface area contributed by atoms with Crippen LogP contribution in [0.2, 0.25) is 0 Å². The Hall–Kier alpha value is -2.87. The average molecular weight is 339 g/mol. The summed E-state index contributed by atoms with van der Waals surface area (Å²) in [7, 11) is -0.558. The lowest BCUT2D eigenvalue weighted by Gasteiger charge is -2.20. The number of fused-ring (bicyclic) bond motifs is 1. The van der Waals surface area contributed by atoms with E-state index in [2.05, 4.69) is 9.97 Å². The predicted octanol–water partition coefficient (Wildman–Crippen LogP) is 2.52. The number of hydrogen-bond acceptors (Lipinski definition) is 6. The quantitative estimate of drug-likeness (QED) is 0.738. The molecular weight excluding hydrogens is 321 g/mol. The minimum absolute atomic E-state index is 0.190. The molecule has 0 spiro atoms. The lowest BCUT2D eigenvalue weighted by atomic mass is 10.1. The van der Waals surface area contributed by atoms with Gasteiger partial charge in [-0.1, -0.05) is 0 Å². The van der Waals surface area contributed by atoms with Gasteiger partial charge in [-0.3, -0.25) is 9.97 Å². The first kappa shape index (κ1) is 17.0. The summed E-state index contributed by atoms with van der Waals surface area (Å²) in [5, 5.41) is 9.87. The summed E-state index contributed by atoms with van der Waals surface area (Å²) >= 11 is 0. The molecule has 8 heteroatoms. The molecule has 3 aromatic heterocycles. The number of carbonyl (C=O) groups excluding carboxylic acids is 1. The first-order valence-corrected chi connectivity index (χ1v) is 7.78. The van der Waals surface area contributed by atoms with E-state index >= 15 is 0 Å². The number of aromatic nitrogens is 3. The Kier molecular flexibility index (Phi) is 4.46. The first-order chi connectivity index (χ1) is 11.9. The van der Waals surface area contributed by atoms with Crippen LogP contribution in [0.3, 0.4) is 0 Å². The second kappa shape index (κ2) is 6.56. The molecule has 0 amide bonds. The average Bonchev–Trinajstić information content (AvgIpc) is 2.92. The number of pyridine rings is 2. The van der Waals surface area contributed by atoms with E-state index in [0.717, 1.165) is 5.56 Å². The van der Waals surface area contributed by atoms with E-state index in [-0.39, 0.29) is 5.88 Å². The van der Waals surface area contributed by atoms with Crippen LogP contribution in [0.25, 0.3) is 22.2 Å². The maximum atomic E-state index is 12.6. The summed E-state index contributed by atoms with van der Waals surface area (Å²) in [6.45, 7) is 5.35. The molecule has 3 rings (SSSR count). The van der Waals surface area contributed by atoms with Crippen molar-refractivity contribution in [2.24, 2.45) is 0 Å². The van der Waals surface area contributed by atoms with Crippen molar-refractivity contribution < 1.29 is 19.2 Å². The van der Waals surface area contributed by atoms with Gasteiger partial charge < -0.3 is 14.4 Å². The van der Waals surface area contributed by atoms with E-state index in [0.29, 0.717) is 16.6 Å². The van der Waals surface area contributed by atoms with Crippen molar-refractivity contribution >= 4 is 24.7 Å². The lowest BCUT2D eigenvalue weighted by Crippen LogP contribution is -2.27. The zero-order valence-corrected chi connectivity index (χ0v) is 14.3. The van der Waals surface area contributed by atoms with Gasteiger partial charge in [0.25, 0.3) is 0 Å². The number of carbonyl (C=O) groups is 1. The van der Waals surface area contributed by atoms with Gasteiger partial charge in [-0.25, -0.2) is 9.36 Å². The second-order valence-electron chi connectivity index (χ2n) is 6.40. The van der Waals surface area contributed by atoms with Crippen LogP contribution in [0.15, 0.2) is 42.9 Å². The van der Waals surface area contributed by atoms with Crippen LogP contribution >= 0.6 is 0 Å². The highest BCUT2D eigenvalue weighted by Gasteiger charge is 2.24. The number of rotatable bonds is 3. The molecule has 3 aromatic rings. The molecule has 25 heavy (non-hydrogen) atoms. The third kappa shape index (κ3) is 3.48. The molecule has 0 fully saturated rings. The lowest BCUT2D eigenvalue weighted by molar-refractivity contribution is 0.0537. The normalized spacial score (nSPS) is 11.4. The fourth-order valence-electron chi connectivity index (χ4n) is 2.52. The number of nitrogens with zero attached hydrogens (tertiary/aromatic N) is 3. The summed E-state index contributed by atoms with van der Waals surface area (Å²) in [5.41, 5.74) is 1.47. The standard InChI is InChI=1S/C17H18BN3O4/c1-17(2,3)24-16(22)21-13-6-9-20-15(11-4-7-19-8-5-11)12(13)10-14(21)25-18-23/h4-10,18,23H,1-3H3. The van der Waals surface area contributed by atoms with Gasteiger partial charge in [-0.05, 0) is 39.0 Å². The third-order valence-corrected chi connectivity index (χ3v) is 3.44. The SMILES string of the molecule is CC(C)(C)OC(=O)n1c(OBO)cc2c(-c3ccncc3)nccc21. The van der Waals surface area contributed by atoms with Crippen molar-refractivity contribution in [3.05, 3.63) is 42.9 Å². The molecule has 1 N–H and O–H groups in total. The predicted molar refractivity (Wildman–Crippen MR) is 94.6 cm³/mol. The molecule has 0 bridgehead atoms. The van der Waals surface area contributed by atoms with Crippen molar-refractivity contribution in [3.8, 4) is 17.1 Å². The summed E-state index contributed by atoms with van der Waals surface area (Å²) in [6.07, 6.45) is 4.37. The van der Waals surface area contributed by atoms with Gasteiger partial charge in [0.2, 0.25) is 0 Å². The number of ether oxygens (including phenoxy) is 1. The molecule has 0 atom stereocenters. The molecule has 3 heterocycles. The zero-order valence-electron chi connectivity index (χ0n) is 14.3. The minimum Gasteiger partial charge on any atom is -0.526 e. The Morgan fingerprint density at radius 2 is 1.92 bits per heavy atom. The topological polar surface area (TPSA) is 86.5 Å². The van der Waals surface area contributed by atoms with Crippen LogP contribution in [0, 0.1) is 0 Å². The summed E-state index contributed by atoms with van der Waals surface area (Å²) in [6, 6.07) is 7.03. The monoisotopic (exact) mass is 339 g/mol. The van der Waals surface area contributed by atoms with Crippen molar-refractivity contribution in [2.75, 3.05) is 0 Å². The molecule has 0 unspecified atom stereocenters. The van der Waals surface area contributed by atoms with E-state index in [9.17, 15) is 4.79 Å². The molecule has 0 aliphatic carbocycles. The molecule has 7 nitrogen and oxygen atoms in total. The van der Waals surface area contributed by atoms with Crippen LogP contribution < -0.4 is 4.65 Å². The van der Waals surface area contributed by atoms with Gasteiger partial charge in [0, 0.05) is 35.6 Å². The van der Waals surface area contributed by atoms with Gasteiger partial charge >= 0.3 is 13.8 Å². The Bertz CT molecular complexity index is 903. The van der Waals surface area contributed by atoms with Crippen molar-refractivity contribution in [1.82, 2.24) is 14.5 Å². The van der Waals surface area contributed by atoms with Crippen LogP contribution in [0.5, 0.6) is 5.88 Å². The Labute approximate surface area is 145 Å². The fraction of sp³-hybridized carbons (Fsp3) is 0.235. The summed E-state index contributed by atoms with van der Waals surface area (Å²) in [4.78, 5) is 21.0. The highest BCUT2D eigenvalue weighted by Crippen LogP contribution is 2.32. The van der Waals surface area contributed by atoms with Crippen LogP contribution in [0.4, 0.5) is 4.79 Å². The minimum atomic E-state index is -0.662. The van der Waals surface area contributed by atoms with Crippen LogP contribution in [0.1, 0.15) is 20.8 Å². The van der Waals surface area contributed by atoms with Gasteiger partial charge in [-0.2, -0.15) is 0 Å². The van der Waals surface area contributed by atoms with Crippen LogP contribution in [-0.2, 0) is 4.74 Å². The molecule has 0 aliphatic heterocycles. The fourth-order valence-corrected chi connectivity index (χ4v) is 2.52. The maximum absolute atomic E-state index is 12.6. The number of hydrogen-bond donors (Lipinski definition) is 1. The van der Waals surface area contributed by atoms with Crippen LogP contribution in [-0.4, -0.2) is 38.9 Å². The molecule has 0 aromatic carbocycles. The second-order valence-corrected chi connectivity index (χ2v) is 6.40. The van der Waals surface area contributed by atoms with Gasteiger partial charge in [-0.15, -0.1) is 0 Å². The smallest absolute Gasteiger partial charge is 0.505 e. The van der Waals surface area contributed by atoms with E-state index in [4.69, 9.17) is 14.4 Å². The Balaban J connectivity index is 2.19. The molecule has 0 radical (unpaired) electrons. The molecule has 0 aliphatic rings. The van der Waals surface area contributed by atoms with E-state index in [1.807, 2.05) is 12.1 Å². The van der Waals surface area contributed by atoms with Gasteiger partial charge in [0.05, 0.1) is 11.2 Å². The maximum Gasteiger partial charge on any atom is 0.505 e. The molecule has 0 saturated heterocycles. The Morgan fingerprint density at radius 1 is 1.20 bits per heavy atom. The van der Waals surface area contributed by atoms with E-state index in [1.54, 1.807) is 51.5 Å². The summed E-state index contributed by atoms with van der Waals surface area (Å²) in [5.74, 6) is 0.190. The van der Waals surface area contributed by atoms with Crippen molar-refractivity contribution in [1.29, 1.82) is 0 Å². The first-order valence-electron chi connectivity index (χ1n) is 7.78. The molecule has 0 saturated carbocycles.